The van der Waals surface area contributed by atoms with Crippen LogP contribution in [0, 0.1) is 17.3 Å². The highest BCUT2D eigenvalue weighted by molar-refractivity contribution is 5.93. The van der Waals surface area contributed by atoms with E-state index in [1.165, 1.54) is 12.5 Å². The fourth-order valence-electron chi connectivity index (χ4n) is 9.93. The number of alkyl halides is 5. The van der Waals surface area contributed by atoms with Gasteiger partial charge < -0.3 is 10.0 Å². The number of ketones is 1. The SMILES string of the molecule is C[C@]12C[C@H](c3ccc(CN4CCN(CCc5ccccc5)CC4)cc3)C3=C4CCC(=O)C=C4CC[C@H]3[C@@H]1CC[C@]2(O)C(F)(F)C(F)(F)F. The van der Waals surface area contributed by atoms with Gasteiger partial charge in [-0.3, -0.25) is 9.69 Å². The number of halogens is 5. The standard InChI is InChI=1S/C39H45F5N2O2/c1-36-24-33(28-9-7-27(8-10-28)25-46-21-19-45(20-22-46)18-16-26-5-3-2-4-6-26)35-31-14-12-30(47)23-29(31)11-13-32(35)34(36)15-17-37(36,48)38(40,41)39(42,43)44/h2-10,23,32-34,48H,11-22,24-25H2,1H3/t32-,33+,34-,36-,37+/m0/s1. The summed E-state index contributed by atoms with van der Waals surface area (Å²) in [5.74, 6) is -6.29. The van der Waals surface area contributed by atoms with Gasteiger partial charge in [-0.15, -0.1) is 0 Å². The number of hydrogen-bond donors (Lipinski definition) is 1. The second-order valence-electron chi connectivity index (χ2n) is 15.1. The minimum atomic E-state index is -5.85. The molecule has 1 heterocycles. The Hall–Kier alpha value is -2.88. The molecule has 0 unspecified atom stereocenters. The highest BCUT2D eigenvalue weighted by Gasteiger charge is 2.79. The molecule has 1 N–H and O–H groups in total. The van der Waals surface area contributed by atoms with Crippen LogP contribution in [-0.2, 0) is 17.8 Å². The van der Waals surface area contributed by atoms with Crippen LogP contribution in [0.4, 0.5) is 22.0 Å². The minimum absolute atomic E-state index is 0.000679. The van der Waals surface area contributed by atoms with E-state index in [0.717, 1.165) is 73.5 Å². The summed E-state index contributed by atoms with van der Waals surface area (Å²) >= 11 is 0. The van der Waals surface area contributed by atoms with Gasteiger partial charge in [0.15, 0.2) is 5.78 Å². The maximum Gasteiger partial charge on any atom is 0.456 e. The number of benzene rings is 2. The molecule has 1 aliphatic heterocycles. The molecule has 4 nitrogen and oxygen atoms in total. The highest BCUT2D eigenvalue weighted by Crippen LogP contribution is 2.70. The Morgan fingerprint density at radius 2 is 1.54 bits per heavy atom. The van der Waals surface area contributed by atoms with Gasteiger partial charge in [0.25, 0.3) is 0 Å². The quantitative estimate of drug-likeness (QED) is 0.305. The predicted octanol–water partition coefficient (Wildman–Crippen LogP) is 7.88. The number of rotatable bonds is 7. The zero-order valence-corrected chi connectivity index (χ0v) is 27.5. The molecule has 0 bridgehead atoms. The lowest BCUT2D eigenvalue weighted by Gasteiger charge is -2.56. The van der Waals surface area contributed by atoms with E-state index >= 15 is 8.78 Å². The Balaban J connectivity index is 1.12. The van der Waals surface area contributed by atoms with Gasteiger partial charge in [-0.25, -0.2) is 0 Å². The van der Waals surface area contributed by atoms with Crippen molar-refractivity contribution in [3.05, 3.63) is 94.1 Å². The van der Waals surface area contributed by atoms with Crippen molar-refractivity contribution in [2.75, 3.05) is 32.7 Å². The van der Waals surface area contributed by atoms with Crippen LogP contribution in [0.2, 0.25) is 0 Å². The van der Waals surface area contributed by atoms with E-state index in [4.69, 9.17) is 0 Å². The number of carbonyl (C=O) groups excluding carboxylic acids is 1. The van der Waals surface area contributed by atoms with Crippen molar-refractivity contribution < 1.29 is 31.9 Å². The molecule has 2 aromatic rings. The van der Waals surface area contributed by atoms with Crippen molar-refractivity contribution in [3.63, 3.8) is 0 Å². The molecule has 0 amide bonds. The minimum Gasteiger partial charge on any atom is -0.383 e. The van der Waals surface area contributed by atoms with Gasteiger partial charge >= 0.3 is 12.1 Å². The number of fused-ring (bicyclic) bond motifs is 4. The molecule has 0 aromatic heterocycles. The summed E-state index contributed by atoms with van der Waals surface area (Å²) in [7, 11) is 0. The van der Waals surface area contributed by atoms with E-state index in [1.54, 1.807) is 6.08 Å². The Kier molecular flexibility index (Phi) is 8.73. The number of nitrogens with zero attached hydrogens (tertiary/aromatic N) is 2. The number of hydrogen-bond acceptors (Lipinski definition) is 4. The van der Waals surface area contributed by atoms with Gasteiger partial charge in [-0.2, -0.15) is 22.0 Å². The van der Waals surface area contributed by atoms with Gasteiger partial charge in [0.1, 0.15) is 5.60 Å². The predicted molar refractivity (Wildman–Crippen MR) is 175 cm³/mol. The fourth-order valence-corrected chi connectivity index (χ4v) is 9.93. The molecule has 9 heteroatoms. The van der Waals surface area contributed by atoms with Crippen molar-refractivity contribution >= 4 is 5.78 Å². The van der Waals surface area contributed by atoms with Crippen molar-refractivity contribution in [1.29, 1.82) is 0 Å². The molecule has 1 saturated heterocycles. The van der Waals surface area contributed by atoms with Gasteiger partial charge in [-0.05, 0) is 90.7 Å². The first-order valence-electron chi connectivity index (χ1n) is 17.5. The Bertz CT molecular complexity index is 1580. The average Bonchev–Trinajstić information content (AvgIpc) is 3.35. The normalized spacial score (nSPS) is 31.7. The molecule has 2 aromatic carbocycles. The third-order valence-corrected chi connectivity index (χ3v) is 12.6. The molecule has 3 fully saturated rings. The monoisotopic (exact) mass is 668 g/mol. The van der Waals surface area contributed by atoms with Crippen LogP contribution in [0.5, 0.6) is 0 Å². The first-order chi connectivity index (χ1) is 22.8. The first kappa shape index (κ1) is 33.6. The maximum absolute atomic E-state index is 15.3. The molecule has 7 rings (SSSR count). The largest absolute Gasteiger partial charge is 0.456 e. The maximum atomic E-state index is 15.3. The Morgan fingerprint density at radius 3 is 2.23 bits per heavy atom. The smallest absolute Gasteiger partial charge is 0.383 e. The summed E-state index contributed by atoms with van der Waals surface area (Å²) < 4.78 is 72.2. The van der Waals surface area contributed by atoms with Crippen molar-refractivity contribution in [3.8, 4) is 0 Å². The van der Waals surface area contributed by atoms with Crippen molar-refractivity contribution in [1.82, 2.24) is 9.80 Å². The molecular weight excluding hydrogens is 623 g/mol. The van der Waals surface area contributed by atoms with Crippen LogP contribution in [-0.4, -0.2) is 71.1 Å². The molecule has 4 aliphatic carbocycles. The molecule has 5 aliphatic rings. The zero-order chi connectivity index (χ0) is 33.9. The van der Waals surface area contributed by atoms with Crippen LogP contribution < -0.4 is 0 Å². The highest BCUT2D eigenvalue weighted by atomic mass is 19.4. The topological polar surface area (TPSA) is 43.8 Å². The van der Waals surface area contributed by atoms with Gasteiger partial charge in [-0.1, -0.05) is 67.1 Å². The van der Waals surface area contributed by atoms with E-state index < -0.39 is 41.4 Å². The van der Waals surface area contributed by atoms with E-state index in [9.17, 15) is 23.1 Å². The van der Waals surface area contributed by atoms with Gasteiger partial charge in [0.2, 0.25) is 0 Å². The number of aliphatic hydroxyl groups is 1. The lowest BCUT2D eigenvalue weighted by atomic mass is 9.50. The number of carbonyl (C=O) groups is 1. The first-order valence-corrected chi connectivity index (χ1v) is 17.5. The Labute approximate surface area is 279 Å². The van der Waals surface area contributed by atoms with Gasteiger partial charge in [0, 0.05) is 57.0 Å². The zero-order valence-electron chi connectivity index (χ0n) is 27.5. The summed E-state index contributed by atoms with van der Waals surface area (Å²) in [4.78, 5) is 17.3. The molecule has 2 saturated carbocycles. The van der Waals surface area contributed by atoms with Crippen molar-refractivity contribution in [2.45, 2.75) is 88.5 Å². The molecule has 5 atom stereocenters. The molecule has 0 radical (unpaired) electrons. The molecule has 258 valence electrons. The molecule has 0 spiro atoms. The summed E-state index contributed by atoms with van der Waals surface area (Å²) in [6.07, 6.45) is -1.47. The lowest BCUT2D eigenvalue weighted by molar-refractivity contribution is -0.362. The second-order valence-corrected chi connectivity index (χ2v) is 15.1. The third-order valence-electron chi connectivity index (χ3n) is 12.6. The van der Waals surface area contributed by atoms with E-state index in [2.05, 4.69) is 46.2 Å². The van der Waals surface area contributed by atoms with E-state index in [-0.39, 0.29) is 24.5 Å². The van der Waals surface area contributed by atoms with Crippen LogP contribution >= 0.6 is 0 Å². The Morgan fingerprint density at radius 1 is 0.854 bits per heavy atom. The molecular formula is C39H45F5N2O2. The van der Waals surface area contributed by atoms with E-state index in [1.807, 2.05) is 18.2 Å². The number of piperazine rings is 1. The third kappa shape index (κ3) is 5.67. The van der Waals surface area contributed by atoms with Crippen LogP contribution in [0.25, 0.3) is 0 Å². The summed E-state index contributed by atoms with van der Waals surface area (Å²) in [5, 5.41) is 11.5. The van der Waals surface area contributed by atoms with Crippen LogP contribution in [0.1, 0.15) is 74.5 Å². The van der Waals surface area contributed by atoms with Crippen LogP contribution in [0.15, 0.2) is 77.4 Å². The average molecular weight is 669 g/mol. The lowest BCUT2D eigenvalue weighted by Crippen LogP contribution is -2.65. The number of allylic oxidation sites excluding steroid dienone is 4. The van der Waals surface area contributed by atoms with Crippen LogP contribution in [0.3, 0.4) is 0 Å². The summed E-state index contributed by atoms with van der Waals surface area (Å²) in [6, 6.07) is 18.6. The second kappa shape index (κ2) is 12.5. The van der Waals surface area contributed by atoms with Crippen molar-refractivity contribution in [2.24, 2.45) is 17.3 Å². The fraction of sp³-hybridized carbons (Fsp3) is 0.564. The molecule has 48 heavy (non-hydrogen) atoms. The summed E-state index contributed by atoms with van der Waals surface area (Å²) in [5.41, 5.74) is 1.67. The summed E-state index contributed by atoms with van der Waals surface area (Å²) in [6.45, 7) is 7.18. The van der Waals surface area contributed by atoms with Gasteiger partial charge in [0.05, 0.1) is 0 Å². The van der Waals surface area contributed by atoms with E-state index in [0.29, 0.717) is 25.7 Å².